The quantitative estimate of drug-likeness (QED) is 0.0389. The van der Waals surface area contributed by atoms with Crippen LogP contribution in [0.1, 0.15) is 245 Å². The number of carbonyl (C=O) groups excluding carboxylic acids is 2. The van der Waals surface area contributed by atoms with Crippen LogP contribution in [-0.4, -0.2) is 36.4 Å². The van der Waals surface area contributed by atoms with Crippen LogP contribution >= 0.6 is 0 Å². The van der Waals surface area contributed by atoms with Crippen molar-refractivity contribution in [1.82, 2.24) is 0 Å². The zero-order valence-electron chi connectivity index (χ0n) is 33.7. The SMILES string of the molecule is CCCCCCCCCCCCCCCCCCCC/C=C/CCCC(=O)O[C@@H](CO)COC(=O)CCCCCCCCCCCCCCC. The summed E-state index contributed by atoms with van der Waals surface area (Å²) in [6.07, 6.45) is 48.7. The predicted octanol–water partition coefficient (Wildman–Crippen LogP) is 14.1. The number of aliphatic hydroxyl groups excluding tert-OH is 1. The van der Waals surface area contributed by atoms with Crippen molar-refractivity contribution < 1.29 is 24.2 Å². The summed E-state index contributed by atoms with van der Waals surface area (Å²) < 4.78 is 10.6. The van der Waals surface area contributed by atoms with Crippen LogP contribution in [0.4, 0.5) is 0 Å². The van der Waals surface area contributed by atoms with E-state index >= 15 is 0 Å². The smallest absolute Gasteiger partial charge is 0.306 e. The van der Waals surface area contributed by atoms with E-state index in [0.717, 1.165) is 38.5 Å². The largest absolute Gasteiger partial charge is 0.462 e. The molecule has 0 saturated heterocycles. The molecule has 0 aliphatic heterocycles. The van der Waals surface area contributed by atoms with Crippen LogP contribution in [-0.2, 0) is 19.1 Å². The number of esters is 2. The van der Waals surface area contributed by atoms with Gasteiger partial charge in [0.1, 0.15) is 6.61 Å². The second-order valence-corrected chi connectivity index (χ2v) is 15.1. The Balaban J connectivity index is 3.49. The molecular weight excluding hydrogens is 620 g/mol. The molecule has 0 radical (unpaired) electrons. The van der Waals surface area contributed by atoms with Gasteiger partial charge in [-0.15, -0.1) is 0 Å². The van der Waals surface area contributed by atoms with E-state index in [-0.39, 0.29) is 25.2 Å². The lowest BCUT2D eigenvalue weighted by molar-refractivity contribution is -0.161. The van der Waals surface area contributed by atoms with Gasteiger partial charge in [-0.05, 0) is 32.1 Å². The normalized spacial score (nSPS) is 12.1. The Labute approximate surface area is 311 Å². The Morgan fingerprint density at radius 2 is 0.760 bits per heavy atom. The maximum absolute atomic E-state index is 12.2. The molecule has 0 aromatic rings. The van der Waals surface area contributed by atoms with Gasteiger partial charge in [-0.1, -0.05) is 212 Å². The van der Waals surface area contributed by atoms with Crippen molar-refractivity contribution in [2.75, 3.05) is 13.2 Å². The lowest BCUT2D eigenvalue weighted by atomic mass is 10.0. The Morgan fingerprint density at radius 3 is 1.14 bits per heavy atom. The minimum atomic E-state index is -0.779. The summed E-state index contributed by atoms with van der Waals surface area (Å²) in [7, 11) is 0. The molecule has 0 aromatic carbocycles. The van der Waals surface area contributed by atoms with Gasteiger partial charge >= 0.3 is 11.9 Å². The summed E-state index contributed by atoms with van der Waals surface area (Å²) in [6, 6.07) is 0. The summed E-state index contributed by atoms with van der Waals surface area (Å²) in [5, 5.41) is 9.56. The van der Waals surface area contributed by atoms with Crippen molar-refractivity contribution in [1.29, 1.82) is 0 Å². The van der Waals surface area contributed by atoms with Gasteiger partial charge in [0.05, 0.1) is 6.61 Å². The van der Waals surface area contributed by atoms with Crippen molar-refractivity contribution in [3.05, 3.63) is 12.2 Å². The second kappa shape index (κ2) is 42.1. The zero-order chi connectivity index (χ0) is 36.4. The van der Waals surface area contributed by atoms with Crippen LogP contribution in [0.3, 0.4) is 0 Å². The third kappa shape index (κ3) is 39.4. The van der Waals surface area contributed by atoms with Crippen molar-refractivity contribution in [3.63, 3.8) is 0 Å². The number of hydrogen-bond acceptors (Lipinski definition) is 5. The molecule has 0 bridgehead atoms. The second-order valence-electron chi connectivity index (χ2n) is 15.1. The Kier molecular flexibility index (Phi) is 40.9. The lowest BCUT2D eigenvalue weighted by Gasteiger charge is -2.15. The molecule has 296 valence electrons. The van der Waals surface area contributed by atoms with E-state index in [4.69, 9.17) is 9.47 Å². The summed E-state index contributed by atoms with van der Waals surface area (Å²) in [6.45, 7) is 4.14. The molecule has 0 aliphatic rings. The number of aliphatic hydroxyl groups is 1. The van der Waals surface area contributed by atoms with Gasteiger partial charge in [-0.2, -0.15) is 0 Å². The molecule has 0 spiro atoms. The highest BCUT2D eigenvalue weighted by molar-refractivity contribution is 5.70. The number of ether oxygens (including phenoxy) is 2. The molecule has 0 fully saturated rings. The summed E-state index contributed by atoms with van der Waals surface area (Å²) in [5.41, 5.74) is 0. The molecule has 0 aromatic heterocycles. The minimum absolute atomic E-state index is 0.0706. The molecule has 0 aliphatic carbocycles. The average molecular weight is 707 g/mol. The fourth-order valence-electron chi connectivity index (χ4n) is 6.68. The van der Waals surface area contributed by atoms with Crippen molar-refractivity contribution >= 4 is 11.9 Å². The first kappa shape index (κ1) is 48.6. The van der Waals surface area contributed by atoms with Gasteiger partial charge in [-0.25, -0.2) is 0 Å². The van der Waals surface area contributed by atoms with E-state index < -0.39 is 6.10 Å². The molecule has 1 N–H and O–H groups in total. The molecule has 5 heteroatoms. The number of rotatable bonds is 41. The summed E-state index contributed by atoms with van der Waals surface area (Å²) in [5.74, 6) is -0.615. The van der Waals surface area contributed by atoms with Crippen LogP contribution < -0.4 is 0 Å². The molecule has 1 atom stereocenters. The van der Waals surface area contributed by atoms with Crippen LogP contribution in [0.25, 0.3) is 0 Å². The average Bonchev–Trinajstić information content (AvgIpc) is 3.12. The van der Waals surface area contributed by atoms with Gasteiger partial charge in [0.15, 0.2) is 6.10 Å². The zero-order valence-corrected chi connectivity index (χ0v) is 33.7. The molecule has 5 nitrogen and oxygen atoms in total. The van der Waals surface area contributed by atoms with Crippen LogP contribution in [0.2, 0.25) is 0 Å². The monoisotopic (exact) mass is 707 g/mol. The first-order chi connectivity index (χ1) is 24.6. The Bertz CT molecular complexity index is 720. The van der Waals surface area contributed by atoms with Crippen LogP contribution in [0.15, 0.2) is 12.2 Å². The van der Waals surface area contributed by atoms with E-state index in [2.05, 4.69) is 26.0 Å². The van der Waals surface area contributed by atoms with Crippen LogP contribution in [0.5, 0.6) is 0 Å². The molecule has 0 saturated carbocycles. The highest BCUT2D eigenvalue weighted by atomic mass is 16.6. The topological polar surface area (TPSA) is 72.8 Å². The maximum atomic E-state index is 12.2. The van der Waals surface area contributed by atoms with E-state index in [1.165, 1.54) is 180 Å². The van der Waals surface area contributed by atoms with Gasteiger partial charge in [0, 0.05) is 12.8 Å². The first-order valence-corrected chi connectivity index (χ1v) is 22.2. The molecule has 0 heterocycles. The molecule has 50 heavy (non-hydrogen) atoms. The molecular formula is C45H86O5. The van der Waals surface area contributed by atoms with E-state index in [1.54, 1.807) is 0 Å². The molecule has 0 unspecified atom stereocenters. The van der Waals surface area contributed by atoms with Gasteiger partial charge in [0.25, 0.3) is 0 Å². The Morgan fingerprint density at radius 1 is 0.440 bits per heavy atom. The summed E-state index contributed by atoms with van der Waals surface area (Å²) >= 11 is 0. The van der Waals surface area contributed by atoms with Crippen molar-refractivity contribution in [2.24, 2.45) is 0 Å². The number of hydrogen-bond donors (Lipinski definition) is 1. The lowest BCUT2D eigenvalue weighted by Crippen LogP contribution is -2.28. The maximum Gasteiger partial charge on any atom is 0.306 e. The van der Waals surface area contributed by atoms with Crippen LogP contribution in [0, 0.1) is 0 Å². The molecule has 0 amide bonds. The van der Waals surface area contributed by atoms with Gasteiger partial charge < -0.3 is 14.6 Å². The highest BCUT2D eigenvalue weighted by Gasteiger charge is 2.16. The van der Waals surface area contributed by atoms with E-state index in [0.29, 0.717) is 12.8 Å². The van der Waals surface area contributed by atoms with E-state index in [1.807, 2.05) is 0 Å². The third-order valence-corrected chi connectivity index (χ3v) is 10.1. The fourth-order valence-corrected chi connectivity index (χ4v) is 6.68. The predicted molar refractivity (Wildman–Crippen MR) is 215 cm³/mol. The highest BCUT2D eigenvalue weighted by Crippen LogP contribution is 2.16. The van der Waals surface area contributed by atoms with Crippen molar-refractivity contribution in [3.8, 4) is 0 Å². The third-order valence-electron chi connectivity index (χ3n) is 10.1. The minimum Gasteiger partial charge on any atom is -0.462 e. The standard InChI is InChI=1S/C45H86O5/c1-3-5-7-9-11-13-15-17-18-19-20-21-22-23-24-25-26-28-30-32-34-36-38-40-45(48)50-43(41-46)42-49-44(47)39-37-35-33-31-29-27-16-14-12-10-8-6-4-2/h32,34,43,46H,3-31,33,35-42H2,1-2H3/b34-32+/t43-/m0/s1. The molecule has 0 rings (SSSR count). The van der Waals surface area contributed by atoms with Gasteiger partial charge in [0.2, 0.25) is 0 Å². The number of carbonyl (C=O) groups is 2. The first-order valence-electron chi connectivity index (χ1n) is 22.2. The van der Waals surface area contributed by atoms with E-state index in [9.17, 15) is 14.7 Å². The fraction of sp³-hybridized carbons (Fsp3) is 0.911. The number of unbranched alkanes of at least 4 members (excludes halogenated alkanes) is 31. The van der Waals surface area contributed by atoms with Crippen molar-refractivity contribution in [2.45, 2.75) is 251 Å². The number of allylic oxidation sites excluding steroid dienone is 2. The van der Waals surface area contributed by atoms with Gasteiger partial charge in [-0.3, -0.25) is 9.59 Å². The Hall–Kier alpha value is -1.36. The summed E-state index contributed by atoms with van der Waals surface area (Å²) in [4.78, 5) is 24.3.